The third-order valence-corrected chi connectivity index (χ3v) is 2.43. The van der Waals surface area contributed by atoms with E-state index in [1.807, 2.05) is 0 Å². The molecule has 1 saturated heterocycles. The van der Waals surface area contributed by atoms with Crippen LogP contribution in [0.15, 0.2) is 18.2 Å². The Kier molecular flexibility index (Phi) is 2.67. The summed E-state index contributed by atoms with van der Waals surface area (Å²) >= 11 is 0. The molecule has 2 rings (SSSR count). The number of hydrogen-bond acceptors (Lipinski definition) is 3. The fraction of sp³-hybridized carbons (Fsp3) is 0.400. The minimum absolute atomic E-state index is 0.0216. The Bertz CT molecular complexity index is 388. The Morgan fingerprint density at radius 2 is 2.06 bits per heavy atom. The number of phenolic OH excluding ortho intramolecular Hbond substituents is 1. The van der Waals surface area contributed by atoms with Gasteiger partial charge in [0.2, 0.25) is 0 Å². The van der Waals surface area contributed by atoms with Crippen molar-refractivity contribution in [1.29, 1.82) is 0 Å². The van der Waals surface area contributed by atoms with Crippen molar-refractivity contribution in [3.05, 3.63) is 23.8 Å². The van der Waals surface area contributed by atoms with Gasteiger partial charge in [0.15, 0.2) is 0 Å². The quantitative estimate of drug-likeness (QED) is 0.823. The van der Waals surface area contributed by atoms with Crippen molar-refractivity contribution in [2.24, 2.45) is 0 Å². The molecule has 1 aromatic carbocycles. The zero-order chi connectivity index (χ0) is 11.8. The third-order valence-electron chi connectivity index (χ3n) is 2.43. The van der Waals surface area contributed by atoms with E-state index in [1.54, 1.807) is 0 Å². The second kappa shape index (κ2) is 3.86. The van der Waals surface area contributed by atoms with E-state index in [0.29, 0.717) is 5.56 Å². The van der Waals surface area contributed by atoms with Crippen LogP contribution in [0, 0.1) is 0 Å². The van der Waals surface area contributed by atoms with Gasteiger partial charge in [0, 0.05) is 11.6 Å². The van der Waals surface area contributed by atoms with E-state index in [0.717, 1.165) is 19.0 Å². The van der Waals surface area contributed by atoms with Gasteiger partial charge in [-0.1, -0.05) is 0 Å². The second-order valence-electron chi connectivity index (χ2n) is 3.56. The van der Waals surface area contributed by atoms with Crippen molar-refractivity contribution in [2.75, 3.05) is 6.54 Å². The molecule has 1 heterocycles. The monoisotopic (exact) mass is 233 g/mol. The van der Waals surface area contributed by atoms with Crippen LogP contribution < -0.4 is 10.1 Å². The van der Waals surface area contributed by atoms with Crippen LogP contribution in [0.4, 0.5) is 13.2 Å². The molecule has 2 N–H and O–H groups in total. The van der Waals surface area contributed by atoms with Crippen molar-refractivity contribution < 1.29 is 23.0 Å². The van der Waals surface area contributed by atoms with Crippen LogP contribution in [0.1, 0.15) is 18.0 Å². The fourth-order valence-corrected chi connectivity index (χ4v) is 1.56. The van der Waals surface area contributed by atoms with Gasteiger partial charge in [0.25, 0.3) is 0 Å². The van der Waals surface area contributed by atoms with E-state index >= 15 is 0 Å². The molecule has 3 nitrogen and oxygen atoms in total. The first kappa shape index (κ1) is 11.1. The number of alkyl halides is 3. The average molecular weight is 233 g/mol. The van der Waals surface area contributed by atoms with E-state index in [9.17, 15) is 18.3 Å². The summed E-state index contributed by atoms with van der Waals surface area (Å²) in [5.74, 6) is -0.333. The van der Waals surface area contributed by atoms with Gasteiger partial charge in [0.1, 0.15) is 11.5 Å². The molecule has 88 valence electrons. The highest BCUT2D eigenvalue weighted by molar-refractivity contribution is 5.42. The molecule has 0 aromatic heterocycles. The van der Waals surface area contributed by atoms with Gasteiger partial charge in [-0.05, 0) is 31.2 Å². The largest absolute Gasteiger partial charge is 0.573 e. The Balaban J connectivity index is 2.21. The van der Waals surface area contributed by atoms with Crippen LogP contribution in [0.2, 0.25) is 0 Å². The van der Waals surface area contributed by atoms with Crippen LogP contribution in [-0.4, -0.2) is 18.0 Å². The number of halogens is 3. The number of phenols is 1. The second-order valence-corrected chi connectivity index (χ2v) is 3.56. The SMILES string of the molecule is Oc1ccc(OC(F)(F)F)cc1[C@H]1CCN1. The number of rotatable bonds is 2. The Labute approximate surface area is 89.8 Å². The first-order valence-electron chi connectivity index (χ1n) is 4.78. The van der Waals surface area contributed by atoms with Gasteiger partial charge in [-0.3, -0.25) is 0 Å². The zero-order valence-electron chi connectivity index (χ0n) is 8.21. The van der Waals surface area contributed by atoms with Gasteiger partial charge >= 0.3 is 6.36 Å². The van der Waals surface area contributed by atoms with Crippen molar-refractivity contribution in [3.63, 3.8) is 0 Å². The maximum absolute atomic E-state index is 12.0. The lowest BCUT2D eigenvalue weighted by atomic mass is 9.97. The zero-order valence-corrected chi connectivity index (χ0v) is 8.21. The van der Waals surface area contributed by atoms with Gasteiger partial charge in [-0.25, -0.2) is 0 Å². The highest BCUT2D eigenvalue weighted by Gasteiger charge is 2.32. The minimum Gasteiger partial charge on any atom is -0.508 e. The van der Waals surface area contributed by atoms with Crippen LogP contribution in [0.25, 0.3) is 0 Å². The summed E-state index contributed by atoms with van der Waals surface area (Å²) in [5.41, 5.74) is 0.438. The number of hydrogen-bond donors (Lipinski definition) is 2. The summed E-state index contributed by atoms with van der Waals surface area (Å²) < 4.78 is 39.7. The predicted octanol–water partition coefficient (Wildman–Crippen LogP) is 2.33. The molecular formula is C10H10F3NO2. The summed E-state index contributed by atoms with van der Waals surface area (Å²) in [6.45, 7) is 0.800. The van der Waals surface area contributed by atoms with Crippen LogP contribution >= 0.6 is 0 Å². The van der Waals surface area contributed by atoms with Crippen LogP contribution in [0.3, 0.4) is 0 Å². The summed E-state index contributed by atoms with van der Waals surface area (Å²) in [4.78, 5) is 0. The number of aromatic hydroxyl groups is 1. The molecule has 0 aliphatic carbocycles. The molecule has 0 radical (unpaired) electrons. The summed E-state index contributed by atoms with van der Waals surface area (Å²) in [7, 11) is 0. The summed E-state index contributed by atoms with van der Waals surface area (Å²) in [6, 6.07) is 3.41. The van der Waals surface area contributed by atoms with E-state index in [2.05, 4.69) is 10.1 Å². The molecule has 16 heavy (non-hydrogen) atoms. The Morgan fingerprint density at radius 3 is 2.56 bits per heavy atom. The number of benzene rings is 1. The lowest BCUT2D eigenvalue weighted by molar-refractivity contribution is -0.274. The smallest absolute Gasteiger partial charge is 0.508 e. The van der Waals surface area contributed by atoms with E-state index in [4.69, 9.17) is 0 Å². The van der Waals surface area contributed by atoms with Crippen molar-refractivity contribution in [3.8, 4) is 11.5 Å². The van der Waals surface area contributed by atoms with Gasteiger partial charge in [-0.2, -0.15) is 0 Å². The van der Waals surface area contributed by atoms with Crippen LogP contribution in [-0.2, 0) is 0 Å². The molecule has 0 unspecified atom stereocenters. The molecule has 6 heteroatoms. The van der Waals surface area contributed by atoms with Crippen molar-refractivity contribution in [2.45, 2.75) is 18.8 Å². The molecule has 0 amide bonds. The highest BCUT2D eigenvalue weighted by atomic mass is 19.4. The first-order chi connectivity index (χ1) is 7.46. The maximum atomic E-state index is 12.0. The molecule has 1 atom stereocenters. The molecule has 1 aromatic rings. The summed E-state index contributed by atoms with van der Waals surface area (Å²) in [6.07, 6.45) is -3.91. The van der Waals surface area contributed by atoms with Gasteiger partial charge in [0.05, 0.1) is 0 Å². The topological polar surface area (TPSA) is 41.5 Å². The van der Waals surface area contributed by atoms with Gasteiger partial charge < -0.3 is 15.2 Å². The fourth-order valence-electron chi connectivity index (χ4n) is 1.56. The minimum atomic E-state index is -4.71. The Hall–Kier alpha value is -1.43. The molecule has 1 aliphatic heterocycles. The average Bonchev–Trinajstić information content (AvgIpc) is 2.05. The predicted molar refractivity (Wildman–Crippen MR) is 50.2 cm³/mol. The van der Waals surface area contributed by atoms with E-state index in [1.165, 1.54) is 12.1 Å². The highest BCUT2D eigenvalue weighted by Crippen LogP contribution is 2.34. The standard InChI is InChI=1S/C10H10F3NO2/c11-10(12,13)16-6-1-2-9(15)7(5-6)8-3-4-14-8/h1-2,5,8,14-15H,3-4H2/t8-/m1/s1. The van der Waals surface area contributed by atoms with E-state index in [-0.39, 0.29) is 17.5 Å². The molecular weight excluding hydrogens is 223 g/mol. The van der Waals surface area contributed by atoms with Crippen molar-refractivity contribution in [1.82, 2.24) is 5.32 Å². The third kappa shape index (κ3) is 2.38. The molecule has 1 fully saturated rings. The van der Waals surface area contributed by atoms with Gasteiger partial charge in [-0.15, -0.1) is 13.2 Å². The van der Waals surface area contributed by atoms with E-state index < -0.39 is 6.36 Å². The van der Waals surface area contributed by atoms with Crippen LogP contribution in [0.5, 0.6) is 11.5 Å². The van der Waals surface area contributed by atoms with Crippen molar-refractivity contribution >= 4 is 0 Å². The first-order valence-corrected chi connectivity index (χ1v) is 4.78. The molecule has 0 saturated carbocycles. The number of ether oxygens (including phenoxy) is 1. The lowest BCUT2D eigenvalue weighted by Gasteiger charge is -2.28. The maximum Gasteiger partial charge on any atom is 0.573 e. The molecule has 0 bridgehead atoms. The summed E-state index contributed by atoms with van der Waals surface area (Å²) in [5, 5.41) is 12.5. The molecule has 1 aliphatic rings. The Morgan fingerprint density at radius 1 is 1.38 bits per heavy atom. The lowest BCUT2D eigenvalue weighted by Crippen LogP contribution is -2.35. The molecule has 0 spiro atoms. The number of nitrogens with one attached hydrogen (secondary N) is 1. The normalized spacial score (nSPS) is 20.3.